The molecule has 11 N–H and O–H groups in total. The number of likely N-dealkylation sites (tertiary alicyclic amines) is 1. The van der Waals surface area contributed by atoms with Crippen molar-refractivity contribution >= 4 is 118 Å². The van der Waals surface area contributed by atoms with Gasteiger partial charge in [-0.2, -0.15) is 0 Å². The van der Waals surface area contributed by atoms with Crippen molar-refractivity contribution < 1.29 is 91.0 Å². The SMILES string of the molecule is CC[C@H](C)[C@@H]([C@@H](CC(=O)N1CCC[C@H]1[C@H](C)[C@@H](C)C(=O)N[C@H](C)[C@@H](C)c1ccccc1)OC)N(C)C(=O)[C@@H](CC(=O)[C@H](C(C)C)N(C)C(=O)OCc1ccc(NC(=O)[C@H](CCCNC(=O)NCc2ccc(NC(=O)[C@H](CCCNC(=O)NCc3ccc(N)cc3)CC(=O)[C@@H](NC(=O)CCCCCN3C(=O)C=CC3=O)C(C)C)cc2)CC(=O)[C@@H](NC(=O)CCCCCN2C(=O)C=CC2=O)C(C)C)cc1)C(C)C. The van der Waals surface area contributed by atoms with Gasteiger partial charge >= 0.3 is 18.2 Å². The number of anilines is 3. The molecule has 4 aromatic rings. The number of carbonyl (C=O) groups excluding carboxylic acids is 17. The number of benzene rings is 4. The Kier molecular flexibility index (Phi) is 47.5. The number of hydrogen-bond donors (Lipinski definition) is 10. The van der Waals surface area contributed by atoms with Crippen LogP contribution in [-0.2, 0) is 96.3 Å². The second kappa shape index (κ2) is 58.0. The van der Waals surface area contributed by atoms with E-state index in [0.29, 0.717) is 86.1 Å². The van der Waals surface area contributed by atoms with Crippen molar-refractivity contribution in [2.75, 3.05) is 70.3 Å². The summed E-state index contributed by atoms with van der Waals surface area (Å²) in [4.78, 5) is 238. The number of methoxy groups -OCH3 is 1. The van der Waals surface area contributed by atoms with Gasteiger partial charge in [0.25, 0.3) is 23.6 Å². The van der Waals surface area contributed by atoms with Gasteiger partial charge in [0.1, 0.15) is 6.61 Å². The molecule has 34 nitrogen and oxygen atoms in total. The molecule has 34 heteroatoms. The molecule has 4 aromatic carbocycles. The van der Waals surface area contributed by atoms with Crippen LogP contribution in [0.4, 0.5) is 31.4 Å². The molecule has 0 spiro atoms. The number of nitrogens with one attached hydrogen (secondary N) is 9. The van der Waals surface area contributed by atoms with Crippen molar-refractivity contribution in [2.45, 2.75) is 287 Å². The molecule has 1 saturated heterocycles. The molecular weight excluding hydrogens is 1800 g/mol. The minimum atomic E-state index is -1.00. The normalized spacial score (nSPS) is 16.3. The summed E-state index contributed by atoms with van der Waals surface area (Å²) in [5, 5.41) is 26.0. The van der Waals surface area contributed by atoms with Crippen molar-refractivity contribution in [3.63, 3.8) is 0 Å². The molecule has 0 bridgehead atoms. The zero-order chi connectivity index (χ0) is 104. The molecule has 0 aliphatic carbocycles. The fourth-order valence-electron chi connectivity index (χ4n) is 18.4. The number of amides is 16. The highest BCUT2D eigenvalue weighted by Crippen LogP contribution is 2.35. The monoisotopic (exact) mass is 1950 g/mol. The van der Waals surface area contributed by atoms with Crippen molar-refractivity contribution in [2.24, 2.45) is 59.2 Å². The highest BCUT2D eigenvalue weighted by Gasteiger charge is 2.44. The Morgan fingerprint density at radius 3 is 1.39 bits per heavy atom. The molecule has 14 atom stereocenters. The summed E-state index contributed by atoms with van der Waals surface area (Å²) < 4.78 is 12.0. The van der Waals surface area contributed by atoms with Crippen LogP contribution in [0.2, 0.25) is 0 Å². The number of ketones is 3. The molecule has 1 fully saturated rings. The second-order valence-electron chi connectivity index (χ2n) is 39.5. The Morgan fingerprint density at radius 2 is 0.950 bits per heavy atom. The third-order valence-corrected chi connectivity index (χ3v) is 27.6. The largest absolute Gasteiger partial charge is 0.445 e. The summed E-state index contributed by atoms with van der Waals surface area (Å²) in [7, 11) is 4.72. The van der Waals surface area contributed by atoms with Crippen LogP contribution < -0.4 is 53.6 Å². The Bertz CT molecular complexity index is 4890. The summed E-state index contributed by atoms with van der Waals surface area (Å²) in [6, 6.07) is 25.5. The molecule has 0 unspecified atom stereocenters. The average molecular weight is 1960 g/mol. The summed E-state index contributed by atoms with van der Waals surface area (Å²) in [5.41, 5.74) is 10.2. The number of rotatable bonds is 60. The standard InChI is InChI=1S/C107H155N15O19/c1-18-70(10)100(89(140-17)62-96(132)120-58-30-35-85(120)71(11)72(12)101(133)113-74(14)73(13)78-31-22-19-23-32-78)118(15)104(136)84(66(2)3)61-88(125)99(69(8)9)119(16)107(139)141-65-77-42-48-83(49-43-77)115-103(135)80(60-87(124)98(68(6)7)117-91(127)37-25-21-27-57-122-94(130)52-53-95(122)131)34-29-55-110-106(138)112-64-76-40-46-82(47-41-76)114-102(134)79(33-28-54-109-105(137)111-63-75-38-44-81(108)45-39-75)59-86(123)97(67(4)5)116-90(126)36-24-20-26-56-121-92(128)50-51-93(121)129/h19,22-23,31-32,38-53,66-74,79-80,84-85,89,97-100H,18,20-21,24-30,33-37,54-65,108H2,1-17H3,(H,113,133)(H,114,134)(H,115,135)(H,116,126)(H,117,127)(H2,109,111,137)(H2,110,112,138)/t70-,71+,72+,73+,74+,79+,80+,84-,85-,89+,97-,98-,99-,100-/m0/s1. The Hall–Kier alpha value is -12.5. The van der Waals surface area contributed by atoms with E-state index >= 15 is 4.79 Å². The fourth-order valence-corrected chi connectivity index (χ4v) is 18.4. The predicted molar refractivity (Wildman–Crippen MR) is 540 cm³/mol. The minimum Gasteiger partial charge on any atom is -0.445 e. The maximum absolute atomic E-state index is 15.1. The predicted octanol–water partition coefficient (Wildman–Crippen LogP) is 12.8. The number of carbonyl (C=O) groups is 17. The Balaban J connectivity index is 0.944. The van der Waals surface area contributed by atoms with Crippen LogP contribution in [0.1, 0.15) is 247 Å². The molecule has 0 saturated carbocycles. The summed E-state index contributed by atoms with van der Waals surface area (Å²) >= 11 is 0. The van der Waals surface area contributed by atoms with Gasteiger partial charge in [-0.05, 0) is 165 Å². The van der Waals surface area contributed by atoms with Crippen molar-refractivity contribution in [3.05, 3.63) is 150 Å². The average Bonchev–Trinajstić information content (AvgIpc) is 1.78. The second-order valence-corrected chi connectivity index (χ2v) is 39.5. The quantitative estimate of drug-likeness (QED) is 0.0111. The first-order valence-electron chi connectivity index (χ1n) is 50.3. The number of likely N-dealkylation sites (N-methyl/N-ethyl adjacent to an activating group) is 2. The highest BCUT2D eigenvalue weighted by molar-refractivity contribution is 6.13. The summed E-state index contributed by atoms with van der Waals surface area (Å²) in [6.45, 7) is 27.8. The first-order chi connectivity index (χ1) is 67.0. The zero-order valence-corrected chi connectivity index (χ0v) is 85.7. The van der Waals surface area contributed by atoms with E-state index in [9.17, 15) is 76.7 Å². The maximum Gasteiger partial charge on any atom is 0.410 e. The van der Waals surface area contributed by atoms with E-state index in [2.05, 4.69) is 66.9 Å². The van der Waals surface area contributed by atoms with E-state index < -0.39 is 113 Å². The Labute approximate surface area is 832 Å². The number of hydrogen-bond acceptors (Lipinski definition) is 20. The van der Waals surface area contributed by atoms with Crippen LogP contribution in [0.15, 0.2) is 127 Å². The number of unbranched alkanes of at least 4 members (excludes halogenated alkanes) is 4. The van der Waals surface area contributed by atoms with Gasteiger partial charge in [-0.25, -0.2) is 14.4 Å². The van der Waals surface area contributed by atoms with E-state index in [1.807, 2.05) is 85.4 Å². The molecule has 141 heavy (non-hydrogen) atoms. The molecule has 772 valence electrons. The first kappa shape index (κ1) is 115. The number of nitrogen functional groups attached to an aromatic ring is 1. The molecule has 0 radical (unpaired) electrons. The lowest BCUT2D eigenvalue weighted by Crippen LogP contribution is -2.54. The molecule has 3 heterocycles. The molecular formula is C107H155N15O19. The van der Waals surface area contributed by atoms with Crippen LogP contribution in [0.3, 0.4) is 0 Å². The lowest BCUT2D eigenvalue weighted by Gasteiger charge is -2.41. The van der Waals surface area contributed by atoms with E-state index in [4.69, 9.17) is 15.2 Å². The number of nitrogens with two attached hydrogens (primary N) is 1. The fraction of sp³-hybridized carbons (Fsp3) is 0.579. The van der Waals surface area contributed by atoms with Gasteiger partial charge in [0, 0.05) is 182 Å². The van der Waals surface area contributed by atoms with Crippen molar-refractivity contribution in [1.29, 1.82) is 0 Å². The van der Waals surface area contributed by atoms with Crippen LogP contribution in [0.25, 0.3) is 0 Å². The number of Topliss-reactive ketones (excluding diaryl/α,β-unsaturated/α-hetero) is 3. The molecule has 3 aliphatic heterocycles. The molecule has 16 amide bonds. The molecule has 3 aliphatic rings. The van der Waals surface area contributed by atoms with Crippen LogP contribution in [0.5, 0.6) is 0 Å². The van der Waals surface area contributed by atoms with Gasteiger partial charge < -0.3 is 77.8 Å². The highest BCUT2D eigenvalue weighted by atomic mass is 16.6. The van der Waals surface area contributed by atoms with Crippen LogP contribution >= 0.6 is 0 Å². The van der Waals surface area contributed by atoms with Crippen molar-refractivity contribution in [3.8, 4) is 0 Å². The number of nitrogens with zero attached hydrogens (tertiary/aromatic N) is 5. The minimum absolute atomic E-state index is 0.0129. The maximum atomic E-state index is 15.1. The lowest BCUT2D eigenvalue weighted by molar-refractivity contribution is -0.148. The summed E-state index contributed by atoms with van der Waals surface area (Å²) in [5.74, 6) is -9.68. The van der Waals surface area contributed by atoms with E-state index in [0.717, 1.165) is 33.8 Å². The third-order valence-electron chi connectivity index (χ3n) is 27.6. The van der Waals surface area contributed by atoms with Gasteiger partial charge in [-0.3, -0.25) is 76.9 Å². The molecule has 0 aromatic heterocycles. The van der Waals surface area contributed by atoms with E-state index in [1.165, 1.54) is 36.3 Å². The van der Waals surface area contributed by atoms with E-state index in [-0.39, 0.29) is 198 Å². The first-order valence-corrected chi connectivity index (χ1v) is 50.3. The molecule has 7 rings (SSSR count). The van der Waals surface area contributed by atoms with Crippen LogP contribution in [-0.4, -0.2) is 221 Å². The van der Waals surface area contributed by atoms with E-state index in [1.54, 1.807) is 120 Å². The topological polar surface area (TPSA) is 459 Å². The van der Waals surface area contributed by atoms with Crippen LogP contribution in [0, 0.1) is 59.2 Å². The number of ether oxygens (including phenoxy) is 2. The van der Waals surface area contributed by atoms with Gasteiger partial charge in [0.15, 0.2) is 17.3 Å². The van der Waals surface area contributed by atoms with Gasteiger partial charge in [0.2, 0.25) is 41.4 Å². The third kappa shape index (κ3) is 36.5. The summed E-state index contributed by atoms with van der Waals surface area (Å²) in [6.07, 6.45) is 8.63. The smallest absolute Gasteiger partial charge is 0.410 e. The zero-order valence-electron chi connectivity index (χ0n) is 85.7. The Morgan fingerprint density at radius 1 is 0.489 bits per heavy atom. The lowest BCUT2D eigenvalue weighted by atomic mass is 9.83. The van der Waals surface area contributed by atoms with Gasteiger partial charge in [0.05, 0.1) is 36.7 Å². The number of urea groups is 2. The van der Waals surface area contributed by atoms with Crippen molar-refractivity contribution in [1.82, 2.24) is 61.7 Å². The number of imide groups is 2. The van der Waals surface area contributed by atoms with Gasteiger partial charge in [-0.15, -0.1) is 0 Å². The van der Waals surface area contributed by atoms with Gasteiger partial charge in [-0.1, -0.05) is 176 Å².